The maximum absolute atomic E-state index is 11.6. The van der Waals surface area contributed by atoms with Crippen LogP contribution in [-0.4, -0.2) is 26.5 Å². The Hall–Kier alpha value is -1.84. The minimum absolute atomic E-state index is 0.143. The molecule has 0 heterocycles. The normalized spacial score (nSPS) is 10.2. The van der Waals surface area contributed by atoms with Crippen LogP contribution < -0.4 is 4.74 Å². The summed E-state index contributed by atoms with van der Waals surface area (Å²) in [5.41, 5.74) is 1.68. The second-order valence-electron chi connectivity index (χ2n) is 3.95. The predicted molar refractivity (Wildman–Crippen MR) is 63.8 cm³/mol. The van der Waals surface area contributed by atoms with Gasteiger partial charge in [0.25, 0.3) is 0 Å². The first-order chi connectivity index (χ1) is 8.04. The summed E-state index contributed by atoms with van der Waals surface area (Å²) in [6, 6.07) is 3.22. The van der Waals surface area contributed by atoms with E-state index in [0.29, 0.717) is 16.9 Å². The van der Waals surface area contributed by atoms with Crippen LogP contribution in [0.5, 0.6) is 5.75 Å². The summed E-state index contributed by atoms with van der Waals surface area (Å²) in [7, 11) is 2.76. The van der Waals surface area contributed by atoms with Gasteiger partial charge in [0.15, 0.2) is 0 Å². The van der Waals surface area contributed by atoms with E-state index in [4.69, 9.17) is 4.74 Å². The van der Waals surface area contributed by atoms with Crippen molar-refractivity contribution in [3.05, 3.63) is 28.8 Å². The highest BCUT2D eigenvalue weighted by Gasteiger charge is 2.17. The highest BCUT2D eigenvalue weighted by Crippen LogP contribution is 2.28. The lowest BCUT2D eigenvalue weighted by Gasteiger charge is -2.13. The molecule has 0 aliphatic carbocycles. The molecule has 0 aliphatic heterocycles. The van der Waals surface area contributed by atoms with E-state index < -0.39 is 5.97 Å². The molecule has 0 N–H and O–H groups in total. The molecule has 1 aromatic carbocycles. The number of benzene rings is 1. The third kappa shape index (κ3) is 2.64. The van der Waals surface area contributed by atoms with Crippen molar-refractivity contribution < 1.29 is 19.1 Å². The highest BCUT2D eigenvalue weighted by atomic mass is 16.5. The van der Waals surface area contributed by atoms with Crippen LogP contribution >= 0.6 is 0 Å². The smallest absolute Gasteiger partial charge is 0.341 e. The SMILES string of the molecule is COC(=O)c1cc(C(C)C)c(C=O)cc1OC. The van der Waals surface area contributed by atoms with Gasteiger partial charge in [-0.25, -0.2) is 4.79 Å². The van der Waals surface area contributed by atoms with E-state index in [1.165, 1.54) is 14.2 Å². The van der Waals surface area contributed by atoms with Gasteiger partial charge in [-0.3, -0.25) is 4.79 Å². The van der Waals surface area contributed by atoms with Crippen LogP contribution in [0.1, 0.15) is 46.0 Å². The van der Waals surface area contributed by atoms with Crippen molar-refractivity contribution in [1.82, 2.24) is 0 Å². The zero-order valence-electron chi connectivity index (χ0n) is 10.4. The molecule has 0 spiro atoms. The largest absolute Gasteiger partial charge is 0.496 e. The summed E-state index contributed by atoms with van der Waals surface area (Å²) >= 11 is 0. The van der Waals surface area contributed by atoms with Crippen LogP contribution in [0.25, 0.3) is 0 Å². The Morgan fingerprint density at radius 1 is 1.29 bits per heavy atom. The molecule has 0 unspecified atom stereocenters. The first kappa shape index (κ1) is 13.2. The molecule has 1 aromatic rings. The van der Waals surface area contributed by atoms with Gasteiger partial charge in [-0.1, -0.05) is 13.8 Å². The van der Waals surface area contributed by atoms with Crippen molar-refractivity contribution in [1.29, 1.82) is 0 Å². The van der Waals surface area contributed by atoms with Gasteiger partial charge in [0.2, 0.25) is 0 Å². The molecule has 0 aliphatic rings. The molecule has 17 heavy (non-hydrogen) atoms. The highest BCUT2D eigenvalue weighted by molar-refractivity contribution is 5.94. The first-order valence-corrected chi connectivity index (χ1v) is 5.30. The minimum atomic E-state index is -0.471. The number of hydrogen-bond acceptors (Lipinski definition) is 4. The zero-order valence-corrected chi connectivity index (χ0v) is 10.4. The van der Waals surface area contributed by atoms with Crippen LogP contribution in [0, 0.1) is 0 Å². The van der Waals surface area contributed by atoms with E-state index in [1.54, 1.807) is 12.1 Å². The van der Waals surface area contributed by atoms with E-state index in [1.807, 2.05) is 13.8 Å². The van der Waals surface area contributed by atoms with Crippen molar-refractivity contribution in [3.8, 4) is 5.75 Å². The van der Waals surface area contributed by atoms with Crippen molar-refractivity contribution in [3.63, 3.8) is 0 Å². The molecule has 0 saturated carbocycles. The molecule has 92 valence electrons. The minimum Gasteiger partial charge on any atom is -0.496 e. The zero-order chi connectivity index (χ0) is 13.0. The van der Waals surface area contributed by atoms with Gasteiger partial charge in [0.05, 0.1) is 14.2 Å². The average molecular weight is 236 g/mol. The summed E-state index contributed by atoms with van der Waals surface area (Å²) in [5.74, 6) is 0.0223. The summed E-state index contributed by atoms with van der Waals surface area (Å²) in [5, 5.41) is 0. The Kier molecular flexibility index (Phi) is 4.26. The van der Waals surface area contributed by atoms with Crippen LogP contribution in [0.15, 0.2) is 12.1 Å². The molecule has 4 nitrogen and oxygen atoms in total. The number of carbonyl (C=O) groups is 2. The molecule has 0 amide bonds. The number of hydrogen-bond donors (Lipinski definition) is 0. The Labute approximate surface area is 101 Å². The van der Waals surface area contributed by atoms with Gasteiger partial charge in [0.1, 0.15) is 17.6 Å². The fraction of sp³-hybridized carbons (Fsp3) is 0.385. The Balaban J connectivity index is 3.44. The van der Waals surface area contributed by atoms with Gasteiger partial charge in [0, 0.05) is 5.56 Å². The standard InChI is InChI=1S/C13H16O4/c1-8(2)10-6-11(13(15)17-4)12(16-3)5-9(10)7-14/h5-8H,1-4H3. The summed E-state index contributed by atoms with van der Waals surface area (Å²) < 4.78 is 9.77. The number of ether oxygens (including phenoxy) is 2. The molecule has 4 heteroatoms. The van der Waals surface area contributed by atoms with E-state index in [-0.39, 0.29) is 5.92 Å². The molecule has 0 saturated heterocycles. The molecule has 0 bridgehead atoms. The van der Waals surface area contributed by atoms with Gasteiger partial charge in [-0.15, -0.1) is 0 Å². The van der Waals surface area contributed by atoms with E-state index >= 15 is 0 Å². The lowest BCUT2D eigenvalue weighted by atomic mass is 9.95. The lowest BCUT2D eigenvalue weighted by Crippen LogP contribution is -2.07. The topological polar surface area (TPSA) is 52.6 Å². The van der Waals surface area contributed by atoms with E-state index in [2.05, 4.69) is 4.74 Å². The molecule has 0 atom stereocenters. The van der Waals surface area contributed by atoms with Crippen molar-refractivity contribution in [2.24, 2.45) is 0 Å². The molecule has 0 fully saturated rings. The van der Waals surface area contributed by atoms with Crippen molar-refractivity contribution >= 4 is 12.3 Å². The third-order valence-electron chi connectivity index (χ3n) is 2.56. The van der Waals surface area contributed by atoms with Crippen LogP contribution in [-0.2, 0) is 4.74 Å². The Morgan fingerprint density at radius 2 is 1.94 bits per heavy atom. The van der Waals surface area contributed by atoms with Gasteiger partial charge in [-0.05, 0) is 23.6 Å². The number of esters is 1. The summed E-state index contributed by atoms with van der Waals surface area (Å²) in [6.07, 6.45) is 0.763. The molecule has 0 aromatic heterocycles. The first-order valence-electron chi connectivity index (χ1n) is 5.30. The fourth-order valence-corrected chi connectivity index (χ4v) is 1.65. The maximum atomic E-state index is 11.6. The number of methoxy groups -OCH3 is 2. The number of aldehydes is 1. The fourth-order valence-electron chi connectivity index (χ4n) is 1.65. The van der Waals surface area contributed by atoms with Gasteiger partial charge >= 0.3 is 5.97 Å². The second-order valence-corrected chi connectivity index (χ2v) is 3.95. The predicted octanol–water partition coefficient (Wildman–Crippen LogP) is 2.42. The van der Waals surface area contributed by atoms with Gasteiger partial charge < -0.3 is 9.47 Å². The van der Waals surface area contributed by atoms with Crippen LogP contribution in [0.4, 0.5) is 0 Å². The van der Waals surface area contributed by atoms with Crippen LogP contribution in [0.2, 0.25) is 0 Å². The summed E-state index contributed by atoms with van der Waals surface area (Å²) in [6.45, 7) is 3.91. The van der Waals surface area contributed by atoms with Gasteiger partial charge in [-0.2, -0.15) is 0 Å². The Morgan fingerprint density at radius 3 is 2.35 bits per heavy atom. The summed E-state index contributed by atoms with van der Waals surface area (Å²) in [4.78, 5) is 22.6. The van der Waals surface area contributed by atoms with E-state index in [0.717, 1.165) is 11.8 Å². The Bertz CT molecular complexity index is 435. The van der Waals surface area contributed by atoms with Crippen molar-refractivity contribution in [2.75, 3.05) is 14.2 Å². The second kappa shape index (κ2) is 5.48. The third-order valence-corrected chi connectivity index (χ3v) is 2.56. The molecule has 0 radical (unpaired) electrons. The molecular weight excluding hydrogens is 220 g/mol. The van der Waals surface area contributed by atoms with Crippen LogP contribution in [0.3, 0.4) is 0 Å². The maximum Gasteiger partial charge on any atom is 0.341 e. The number of rotatable bonds is 4. The molecular formula is C13H16O4. The monoisotopic (exact) mass is 236 g/mol. The number of carbonyl (C=O) groups excluding carboxylic acids is 2. The average Bonchev–Trinajstić information content (AvgIpc) is 2.35. The van der Waals surface area contributed by atoms with Crippen molar-refractivity contribution in [2.45, 2.75) is 19.8 Å². The van der Waals surface area contributed by atoms with E-state index in [9.17, 15) is 9.59 Å². The lowest BCUT2D eigenvalue weighted by molar-refractivity contribution is 0.0596. The quantitative estimate of drug-likeness (QED) is 0.595. The molecule has 1 rings (SSSR count).